The van der Waals surface area contributed by atoms with Crippen LogP contribution in [0.2, 0.25) is 10.0 Å². The molecule has 0 aliphatic carbocycles. The molecule has 1 aliphatic rings. The summed E-state index contributed by atoms with van der Waals surface area (Å²) in [5.41, 5.74) is 1.29. The Balaban J connectivity index is 1.91. The van der Waals surface area contributed by atoms with Gasteiger partial charge in [0.25, 0.3) is 10.0 Å². The van der Waals surface area contributed by atoms with E-state index in [0.717, 1.165) is 18.8 Å². The first-order valence-electron chi connectivity index (χ1n) is 8.86. The van der Waals surface area contributed by atoms with Crippen molar-refractivity contribution in [2.45, 2.75) is 30.8 Å². The lowest BCUT2D eigenvalue weighted by Gasteiger charge is -2.38. The van der Waals surface area contributed by atoms with Crippen LogP contribution < -0.4 is 19.7 Å². The lowest BCUT2D eigenvalue weighted by Crippen LogP contribution is -2.54. The van der Waals surface area contributed by atoms with Gasteiger partial charge in [0.15, 0.2) is 0 Å². The van der Waals surface area contributed by atoms with E-state index in [1.54, 1.807) is 25.3 Å². The second-order valence-electron chi connectivity index (χ2n) is 6.94. The fraction of sp³-hybridized carbons (Fsp3) is 0.368. The number of nitrogens with one attached hydrogen (secondary N) is 2. The van der Waals surface area contributed by atoms with Crippen LogP contribution in [0.4, 0.5) is 11.4 Å². The Morgan fingerprint density at radius 3 is 2.36 bits per heavy atom. The number of nitrogens with zero attached hydrogens (tertiary/aromatic N) is 1. The molecule has 2 aromatic carbocycles. The molecule has 2 atom stereocenters. The van der Waals surface area contributed by atoms with Crippen LogP contribution in [0.15, 0.2) is 41.3 Å². The lowest BCUT2D eigenvalue weighted by molar-refractivity contribution is 0.391. The molecule has 0 amide bonds. The molecule has 0 bridgehead atoms. The summed E-state index contributed by atoms with van der Waals surface area (Å²) >= 11 is 11.8. The van der Waals surface area contributed by atoms with Crippen molar-refractivity contribution >= 4 is 44.6 Å². The molecular weight excluding hydrogens is 421 g/mol. The van der Waals surface area contributed by atoms with E-state index in [1.165, 1.54) is 18.2 Å². The van der Waals surface area contributed by atoms with Crippen LogP contribution in [0, 0.1) is 0 Å². The summed E-state index contributed by atoms with van der Waals surface area (Å²) in [4.78, 5) is 2.24. The largest absolute Gasteiger partial charge is 0.495 e. The van der Waals surface area contributed by atoms with Crippen molar-refractivity contribution in [2.24, 2.45) is 0 Å². The number of ether oxygens (including phenoxy) is 1. The molecule has 2 aromatic rings. The number of halogens is 2. The minimum atomic E-state index is -3.81. The van der Waals surface area contributed by atoms with Crippen molar-refractivity contribution < 1.29 is 13.2 Å². The van der Waals surface area contributed by atoms with Gasteiger partial charge in [-0.05, 0) is 50.2 Å². The lowest BCUT2D eigenvalue weighted by atomic mass is 10.1. The molecule has 2 unspecified atom stereocenters. The highest BCUT2D eigenvalue weighted by Gasteiger charge is 2.24. The van der Waals surface area contributed by atoms with Crippen LogP contribution in [0.5, 0.6) is 5.75 Å². The molecule has 152 valence electrons. The topological polar surface area (TPSA) is 70.7 Å². The number of sulfonamides is 1. The van der Waals surface area contributed by atoms with Gasteiger partial charge >= 0.3 is 0 Å². The van der Waals surface area contributed by atoms with Gasteiger partial charge in [0.05, 0.1) is 33.4 Å². The summed E-state index contributed by atoms with van der Waals surface area (Å²) < 4.78 is 33.6. The second kappa shape index (κ2) is 8.37. The Hall–Kier alpha value is -1.67. The summed E-state index contributed by atoms with van der Waals surface area (Å²) in [5, 5.41) is 3.97. The van der Waals surface area contributed by atoms with Crippen molar-refractivity contribution in [3.05, 3.63) is 46.4 Å². The van der Waals surface area contributed by atoms with Gasteiger partial charge in [0.2, 0.25) is 0 Å². The number of benzene rings is 2. The Labute approximate surface area is 175 Å². The minimum absolute atomic E-state index is 0.0451. The Morgan fingerprint density at radius 2 is 1.75 bits per heavy atom. The van der Waals surface area contributed by atoms with E-state index in [2.05, 4.69) is 28.8 Å². The Kier molecular flexibility index (Phi) is 6.29. The third-order valence-corrected chi connectivity index (χ3v) is 6.65. The molecule has 0 radical (unpaired) electrons. The van der Waals surface area contributed by atoms with Crippen LogP contribution in [-0.4, -0.2) is 40.7 Å². The monoisotopic (exact) mass is 443 g/mol. The summed E-state index contributed by atoms with van der Waals surface area (Å²) in [5.74, 6) is 0.693. The van der Waals surface area contributed by atoms with E-state index in [0.29, 0.717) is 28.5 Å². The molecule has 6 nitrogen and oxygen atoms in total. The maximum Gasteiger partial charge on any atom is 0.261 e. The summed E-state index contributed by atoms with van der Waals surface area (Å²) in [6.07, 6.45) is 0. The maximum atomic E-state index is 12.7. The molecule has 1 aliphatic heterocycles. The first kappa shape index (κ1) is 21.0. The van der Waals surface area contributed by atoms with Crippen LogP contribution >= 0.6 is 23.2 Å². The van der Waals surface area contributed by atoms with Crippen molar-refractivity contribution in [3.63, 3.8) is 0 Å². The van der Waals surface area contributed by atoms with E-state index < -0.39 is 10.0 Å². The zero-order valence-corrected chi connectivity index (χ0v) is 18.2. The molecule has 1 fully saturated rings. The van der Waals surface area contributed by atoms with Crippen LogP contribution in [0.3, 0.4) is 0 Å². The summed E-state index contributed by atoms with van der Waals surface area (Å²) in [7, 11) is -2.20. The van der Waals surface area contributed by atoms with Crippen molar-refractivity contribution in [1.82, 2.24) is 5.32 Å². The molecule has 0 saturated carbocycles. The van der Waals surface area contributed by atoms with Crippen molar-refractivity contribution in [2.75, 3.05) is 29.8 Å². The van der Waals surface area contributed by atoms with E-state index in [9.17, 15) is 8.42 Å². The molecule has 0 aromatic heterocycles. The van der Waals surface area contributed by atoms with E-state index >= 15 is 0 Å². The number of hydrogen-bond donors (Lipinski definition) is 2. The van der Waals surface area contributed by atoms with E-state index in [1.807, 2.05) is 0 Å². The van der Waals surface area contributed by atoms with Crippen molar-refractivity contribution in [1.29, 1.82) is 0 Å². The highest BCUT2D eigenvalue weighted by Crippen LogP contribution is 2.34. The van der Waals surface area contributed by atoms with Crippen LogP contribution in [0.25, 0.3) is 0 Å². The molecule has 3 rings (SSSR count). The molecular formula is C19H23Cl2N3O3S. The fourth-order valence-electron chi connectivity index (χ4n) is 3.38. The molecule has 2 N–H and O–H groups in total. The second-order valence-corrected chi connectivity index (χ2v) is 9.44. The fourth-order valence-corrected chi connectivity index (χ4v) is 4.82. The first-order valence-corrected chi connectivity index (χ1v) is 11.1. The zero-order chi connectivity index (χ0) is 20.5. The van der Waals surface area contributed by atoms with Gasteiger partial charge in [-0.1, -0.05) is 23.2 Å². The normalized spacial score (nSPS) is 20.1. The van der Waals surface area contributed by atoms with E-state index in [-0.39, 0.29) is 9.92 Å². The van der Waals surface area contributed by atoms with Gasteiger partial charge in [-0.2, -0.15) is 0 Å². The molecule has 9 heteroatoms. The Morgan fingerprint density at radius 1 is 1.07 bits per heavy atom. The zero-order valence-electron chi connectivity index (χ0n) is 15.9. The average Bonchev–Trinajstić information content (AvgIpc) is 2.62. The van der Waals surface area contributed by atoms with Crippen LogP contribution in [-0.2, 0) is 10.0 Å². The SMILES string of the molecule is COc1ccc(NS(=O)(=O)c2ccc(Cl)c(Cl)c2)cc1N1CC(C)NC(C)C1. The number of methoxy groups -OCH3 is 1. The summed E-state index contributed by atoms with van der Waals surface area (Å²) in [6.45, 7) is 5.82. The Bertz CT molecular complexity index is 959. The first-order chi connectivity index (χ1) is 13.2. The third-order valence-electron chi connectivity index (χ3n) is 4.53. The molecule has 28 heavy (non-hydrogen) atoms. The van der Waals surface area contributed by atoms with E-state index in [4.69, 9.17) is 27.9 Å². The quantitative estimate of drug-likeness (QED) is 0.730. The van der Waals surface area contributed by atoms with Gasteiger partial charge in [-0.25, -0.2) is 8.42 Å². The standard InChI is InChI=1S/C19H23Cl2N3O3S/c1-12-10-24(11-13(2)22-12)18-8-14(4-7-19(18)27-3)23-28(25,26)15-5-6-16(20)17(21)9-15/h4-9,12-13,22-23H,10-11H2,1-3H3. The predicted molar refractivity (Wildman–Crippen MR) is 115 cm³/mol. The van der Waals surface area contributed by atoms with Gasteiger partial charge in [0, 0.05) is 25.2 Å². The van der Waals surface area contributed by atoms with Gasteiger partial charge in [0.1, 0.15) is 5.75 Å². The summed E-state index contributed by atoms with van der Waals surface area (Å²) in [6, 6.07) is 10.1. The number of piperazine rings is 1. The highest BCUT2D eigenvalue weighted by molar-refractivity contribution is 7.92. The number of hydrogen-bond acceptors (Lipinski definition) is 5. The minimum Gasteiger partial charge on any atom is -0.495 e. The smallest absolute Gasteiger partial charge is 0.261 e. The molecule has 0 spiro atoms. The van der Waals surface area contributed by atoms with Crippen molar-refractivity contribution in [3.8, 4) is 5.75 Å². The maximum absolute atomic E-state index is 12.7. The number of anilines is 2. The average molecular weight is 444 g/mol. The predicted octanol–water partition coefficient (Wildman–Crippen LogP) is 3.99. The van der Waals surface area contributed by atoms with Crippen LogP contribution in [0.1, 0.15) is 13.8 Å². The molecule has 1 saturated heterocycles. The van der Waals surface area contributed by atoms with Gasteiger partial charge < -0.3 is 15.0 Å². The van der Waals surface area contributed by atoms with Gasteiger partial charge in [-0.15, -0.1) is 0 Å². The third kappa shape index (κ3) is 4.66. The van der Waals surface area contributed by atoms with Gasteiger partial charge in [-0.3, -0.25) is 4.72 Å². The molecule has 1 heterocycles. The number of rotatable bonds is 5. The highest BCUT2D eigenvalue weighted by atomic mass is 35.5.